The summed E-state index contributed by atoms with van der Waals surface area (Å²) in [6.07, 6.45) is 3.93. The molecule has 3 heterocycles. The third-order valence-electron chi connectivity index (χ3n) is 7.13. The van der Waals surface area contributed by atoms with Crippen molar-refractivity contribution < 1.29 is 9.53 Å². The Hall–Kier alpha value is -3.78. The lowest BCUT2D eigenvalue weighted by molar-refractivity contribution is 0.0936. The SMILES string of the molecule is CCN(CC)C(CNC(=O)c1cc(C2CC2)nc2c1c(C)nn2-c1ccccn1)c1cccc(OC)c1. The zero-order valence-electron chi connectivity index (χ0n) is 21.9. The molecule has 1 amide bonds. The van der Waals surface area contributed by atoms with E-state index in [9.17, 15) is 4.79 Å². The molecule has 1 saturated carbocycles. The van der Waals surface area contributed by atoms with Crippen molar-refractivity contribution in [3.63, 3.8) is 0 Å². The molecule has 0 radical (unpaired) electrons. The normalized spacial score (nSPS) is 14.2. The van der Waals surface area contributed by atoms with E-state index in [2.05, 4.69) is 35.1 Å². The van der Waals surface area contributed by atoms with Gasteiger partial charge >= 0.3 is 0 Å². The van der Waals surface area contributed by atoms with Gasteiger partial charge in [-0.1, -0.05) is 32.0 Å². The number of carbonyl (C=O) groups excluding carboxylic acids is 1. The summed E-state index contributed by atoms with van der Waals surface area (Å²) in [7, 11) is 1.67. The predicted molar refractivity (Wildman–Crippen MR) is 144 cm³/mol. The molecule has 5 rings (SSSR count). The highest BCUT2D eigenvalue weighted by Gasteiger charge is 2.29. The van der Waals surface area contributed by atoms with Gasteiger partial charge in [-0.2, -0.15) is 9.78 Å². The van der Waals surface area contributed by atoms with E-state index in [1.165, 1.54) is 0 Å². The third kappa shape index (κ3) is 5.06. The van der Waals surface area contributed by atoms with Crippen molar-refractivity contribution in [3.05, 3.63) is 77.2 Å². The number of hydrogen-bond donors (Lipinski definition) is 1. The van der Waals surface area contributed by atoms with Gasteiger partial charge in [0, 0.05) is 24.4 Å². The fourth-order valence-electron chi connectivity index (χ4n) is 4.97. The zero-order chi connectivity index (χ0) is 25.9. The number of aromatic nitrogens is 4. The maximum Gasteiger partial charge on any atom is 0.252 e. The number of methoxy groups -OCH3 is 1. The number of rotatable bonds is 10. The van der Waals surface area contributed by atoms with Gasteiger partial charge in [0.1, 0.15) is 5.75 Å². The van der Waals surface area contributed by atoms with E-state index >= 15 is 0 Å². The van der Waals surface area contributed by atoms with Gasteiger partial charge in [-0.05, 0) is 68.8 Å². The van der Waals surface area contributed by atoms with Crippen LogP contribution in [-0.2, 0) is 0 Å². The maximum atomic E-state index is 13.8. The molecule has 1 fully saturated rings. The molecule has 1 aliphatic rings. The van der Waals surface area contributed by atoms with E-state index < -0.39 is 0 Å². The first-order valence-corrected chi connectivity index (χ1v) is 13.0. The van der Waals surface area contributed by atoms with E-state index in [4.69, 9.17) is 14.8 Å². The molecule has 4 aromatic rings. The summed E-state index contributed by atoms with van der Waals surface area (Å²) in [6.45, 7) is 8.42. The predicted octanol–water partition coefficient (Wildman–Crippen LogP) is 4.82. The Morgan fingerprint density at radius 2 is 1.97 bits per heavy atom. The van der Waals surface area contributed by atoms with Crippen LogP contribution in [0.1, 0.15) is 66.0 Å². The fraction of sp³-hybridized carbons (Fsp3) is 0.379. The molecule has 1 unspecified atom stereocenters. The van der Waals surface area contributed by atoms with Crippen LogP contribution in [0.25, 0.3) is 16.9 Å². The van der Waals surface area contributed by atoms with Crippen molar-refractivity contribution in [3.8, 4) is 11.6 Å². The van der Waals surface area contributed by atoms with Gasteiger partial charge in [-0.15, -0.1) is 0 Å². The number of benzene rings is 1. The van der Waals surface area contributed by atoms with Crippen LogP contribution in [0.5, 0.6) is 5.75 Å². The van der Waals surface area contributed by atoms with Gasteiger partial charge < -0.3 is 10.1 Å². The summed E-state index contributed by atoms with van der Waals surface area (Å²) in [4.78, 5) is 25.5. The highest BCUT2D eigenvalue weighted by molar-refractivity contribution is 6.06. The molecule has 1 atom stereocenters. The van der Waals surface area contributed by atoms with Crippen molar-refractivity contribution in [2.24, 2.45) is 0 Å². The lowest BCUT2D eigenvalue weighted by atomic mass is 10.0. The number of nitrogens with one attached hydrogen (secondary N) is 1. The molecule has 0 spiro atoms. The van der Waals surface area contributed by atoms with Crippen LogP contribution < -0.4 is 10.1 Å². The summed E-state index contributed by atoms with van der Waals surface area (Å²) >= 11 is 0. The standard InChI is InChI=1S/C29H34N6O2/c1-5-34(6-2)25(21-10-9-11-22(16-21)37-4)18-31-29(36)23-17-24(20-13-14-20)32-28-27(23)19(3)33-35(28)26-12-7-8-15-30-26/h7-12,15-17,20,25H,5-6,13-14,18H2,1-4H3,(H,31,36). The van der Waals surface area contributed by atoms with Crippen molar-refractivity contribution in [1.29, 1.82) is 0 Å². The Kier molecular flexibility index (Phi) is 7.19. The Labute approximate surface area is 217 Å². The summed E-state index contributed by atoms with van der Waals surface area (Å²) < 4.78 is 7.21. The van der Waals surface area contributed by atoms with Gasteiger partial charge in [0.25, 0.3) is 5.91 Å². The summed E-state index contributed by atoms with van der Waals surface area (Å²) in [5.74, 6) is 1.78. The summed E-state index contributed by atoms with van der Waals surface area (Å²) in [5, 5.41) is 8.74. The van der Waals surface area contributed by atoms with Crippen molar-refractivity contribution in [2.45, 2.75) is 45.6 Å². The lowest BCUT2D eigenvalue weighted by Gasteiger charge is -2.30. The van der Waals surface area contributed by atoms with Crippen LogP contribution in [0, 0.1) is 6.92 Å². The van der Waals surface area contributed by atoms with E-state index in [0.29, 0.717) is 29.5 Å². The van der Waals surface area contributed by atoms with Crippen molar-refractivity contribution in [1.82, 2.24) is 30.0 Å². The minimum Gasteiger partial charge on any atom is -0.497 e. The third-order valence-corrected chi connectivity index (χ3v) is 7.13. The molecular weight excluding hydrogens is 464 g/mol. The Morgan fingerprint density at radius 3 is 2.65 bits per heavy atom. The highest BCUT2D eigenvalue weighted by atomic mass is 16.5. The van der Waals surface area contributed by atoms with Crippen molar-refractivity contribution in [2.75, 3.05) is 26.7 Å². The first-order valence-electron chi connectivity index (χ1n) is 13.0. The zero-order valence-corrected chi connectivity index (χ0v) is 21.9. The maximum absolute atomic E-state index is 13.8. The fourth-order valence-corrected chi connectivity index (χ4v) is 4.97. The molecule has 0 aliphatic heterocycles. The average Bonchev–Trinajstić information content (AvgIpc) is 3.74. The van der Waals surface area contributed by atoms with Gasteiger partial charge in [-0.25, -0.2) is 9.97 Å². The van der Waals surface area contributed by atoms with Gasteiger partial charge in [-0.3, -0.25) is 9.69 Å². The number of amides is 1. The molecule has 8 nitrogen and oxygen atoms in total. The van der Waals surface area contributed by atoms with E-state index in [1.807, 2.05) is 49.4 Å². The topological polar surface area (TPSA) is 85.2 Å². The largest absolute Gasteiger partial charge is 0.497 e. The van der Waals surface area contributed by atoms with Gasteiger partial charge in [0.2, 0.25) is 0 Å². The Bertz CT molecular complexity index is 1390. The smallest absolute Gasteiger partial charge is 0.252 e. The molecule has 192 valence electrons. The second-order valence-electron chi connectivity index (χ2n) is 9.48. The second-order valence-corrected chi connectivity index (χ2v) is 9.48. The lowest BCUT2D eigenvalue weighted by Crippen LogP contribution is -2.38. The van der Waals surface area contributed by atoms with Crippen LogP contribution in [0.2, 0.25) is 0 Å². The number of carbonyl (C=O) groups is 1. The number of ether oxygens (including phenoxy) is 1. The molecule has 0 bridgehead atoms. The van der Waals surface area contributed by atoms with Crippen LogP contribution in [0.4, 0.5) is 0 Å². The highest BCUT2D eigenvalue weighted by Crippen LogP contribution is 2.40. The minimum atomic E-state index is -0.113. The second kappa shape index (κ2) is 10.7. The number of nitrogens with zero attached hydrogens (tertiary/aromatic N) is 5. The number of fused-ring (bicyclic) bond motifs is 1. The number of pyridine rings is 2. The van der Waals surface area contributed by atoms with Crippen LogP contribution in [0.15, 0.2) is 54.7 Å². The molecule has 8 heteroatoms. The van der Waals surface area contributed by atoms with Crippen molar-refractivity contribution >= 4 is 16.9 Å². The van der Waals surface area contributed by atoms with Gasteiger partial charge in [0.15, 0.2) is 11.5 Å². The molecule has 1 aliphatic carbocycles. The quantitative estimate of drug-likeness (QED) is 0.337. The van der Waals surface area contributed by atoms with Crippen LogP contribution >= 0.6 is 0 Å². The number of aryl methyl sites for hydroxylation is 1. The minimum absolute atomic E-state index is 0.0200. The number of hydrogen-bond acceptors (Lipinski definition) is 6. The monoisotopic (exact) mass is 498 g/mol. The number of likely N-dealkylation sites (N-methyl/N-ethyl adjacent to an activating group) is 1. The van der Waals surface area contributed by atoms with Crippen LogP contribution in [0.3, 0.4) is 0 Å². The summed E-state index contributed by atoms with van der Waals surface area (Å²) in [5.41, 5.74) is 4.12. The van der Waals surface area contributed by atoms with E-state index in [0.717, 1.165) is 54.0 Å². The average molecular weight is 499 g/mol. The van der Waals surface area contributed by atoms with E-state index in [-0.39, 0.29) is 11.9 Å². The molecule has 1 N–H and O–H groups in total. The van der Waals surface area contributed by atoms with E-state index in [1.54, 1.807) is 18.0 Å². The Morgan fingerprint density at radius 1 is 1.16 bits per heavy atom. The summed E-state index contributed by atoms with van der Waals surface area (Å²) in [6, 6.07) is 15.8. The first-order chi connectivity index (χ1) is 18.0. The van der Waals surface area contributed by atoms with Gasteiger partial charge in [0.05, 0.1) is 29.8 Å². The molecule has 0 saturated heterocycles. The molecule has 37 heavy (non-hydrogen) atoms. The molecule has 1 aromatic carbocycles. The molecule has 3 aromatic heterocycles. The first kappa shape index (κ1) is 24.9. The van der Waals surface area contributed by atoms with Crippen LogP contribution in [-0.4, -0.2) is 57.3 Å². The Balaban J connectivity index is 1.50. The molecular formula is C29H34N6O2.